The molecule has 3 amide bonds. The number of piperazine rings is 1. The van der Waals surface area contributed by atoms with Gasteiger partial charge in [-0.3, -0.25) is 14.3 Å². The van der Waals surface area contributed by atoms with Gasteiger partial charge in [-0.2, -0.15) is 5.10 Å². The monoisotopic (exact) mass is 523 g/mol. The van der Waals surface area contributed by atoms with Gasteiger partial charge in [-0.1, -0.05) is 18.2 Å². The standard InChI is InChI=1S/C27H33N5O6/c1-5-36-27(35)31-14-12-30(13-15-31)26(34)20(4)32-16-22(19(3)29-32)28-25(33)24-11-10-21(38-24)17-37-23-9-7-6-8-18(23)2/h6-11,16,20H,5,12-15,17H2,1-4H3,(H,28,33). The summed E-state index contributed by atoms with van der Waals surface area (Å²) in [5.41, 5.74) is 2.06. The van der Waals surface area contributed by atoms with Crippen LogP contribution in [-0.2, 0) is 16.1 Å². The molecular formula is C27H33N5O6. The summed E-state index contributed by atoms with van der Waals surface area (Å²) in [6.07, 6.45) is 1.27. The van der Waals surface area contributed by atoms with Crippen LogP contribution in [0.25, 0.3) is 0 Å². The van der Waals surface area contributed by atoms with Crippen molar-refractivity contribution >= 4 is 23.6 Å². The van der Waals surface area contributed by atoms with Crippen molar-refractivity contribution < 1.29 is 28.3 Å². The van der Waals surface area contributed by atoms with E-state index < -0.39 is 11.9 Å². The number of rotatable bonds is 8. The zero-order valence-electron chi connectivity index (χ0n) is 22.1. The van der Waals surface area contributed by atoms with Gasteiger partial charge in [0.05, 0.1) is 18.0 Å². The molecule has 0 bridgehead atoms. The number of nitrogens with one attached hydrogen (secondary N) is 1. The van der Waals surface area contributed by atoms with E-state index in [-0.39, 0.29) is 24.4 Å². The van der Waals surface area contributed by atoms with E-state index in [9.17, 15) is 14.4 Å². The number of ether oxygens (including phenoxy) is 2. The number of furan rings is 1. The molecule has 1 aliphatic rings. The molecule has 3 aromatic rings. The Morgan fingerprint density at radius 1 is 1.05 bits per heavy atom. The van der Waals surface area contributed by atoms with Crippen molar-refractivity contribution in [3.63, 3.8) is 0 Å². The van der Waals surface area contributed by atoms with Gasteiger partial charge in [-0.05, 0) is 51.5 Å². The number of carbonyl (C=O) groups is 3. The van der Waals surface area contributed by atoms with E-state index in [0.717, 1.165) is 11.3 Å². The highest BCUT2D eigenvalue weighted by molar-refractivity contribution is 6.02. The number of hydrogen-bond acceptors (Lipinski definition) is 7. The molecule has 2 aromatic heterocycles. The fraction of sp³-hybridized carbons (Fsp3) is 0.407. The summed E-state index contributed by atoms with van der Waals surface area (Å²) in [7, 11) is 0. The molecule has 1 aliphatic heterocycles. The molecule has 202 valence electrons. The Hall–Kier alpha value is -4.28. The Labute approximate surface area is 221 Å². The number of anilines is 1. The molecule has 0 spiro atoms. The highest BCUT2D eigenvalue weighted by Crippen LogP contribution is 2.21. The first kappa shape index (κ1) is 26.8. The number of hydrogen-bond donors (Lipinski definition) is 1. The predicted molar refractivity (Wildman–Crippen MR) is 139 cm³/mol. The van der Waals surface area contributed by atoms with Crippen LogP contribution in [0.4, 0.5) is 10.5 Å². The van der Waals surface area contributed by atoms with E-state index in [4.69, 9.17) is 13.9 Å². The second kappa shape index (κ2) is 11.8. The Kier molecular flexibility index (Phi) is 8.35. The van der Waals surface area contributed by atoms with Crippen LogP contribution < -0.4 is 10.1 Å². The number of para-hydroxylation sites is 1. The molecule has 11 heteroatoms. The van der Waals surface area contributed by atoms with Crippen molar-refractivity contribution in [1.29, 1.82) is 0 Å². The second-order valence-corrected chi connectivity index (χ2v) is 9.07. The summed E-state index contributed by atoms with van der Waals surface area (Å²) in [6.45, 7) is 9.40. The Morgan fingerprint density at radius 2 is 1.76 bits per heavy atom. The minimum atomic E-state index is -0.581. The summed E-state index contributed by atoms with van der Waals surface area (Å²) < 4.78 is 18.0. The lowest BCUT2D eigenvalue weighted by Gasteiger charge is -2.35. The van der Waals surface area contributed by atoms with Gasteiger partial charge < -0.3 is 29.0 Å². The highest BCUT2D eigenvalue weighted by Gasteiger charge is 2.29. The van der Waals surface area contributed by atoms with Gasteiger partial charge in [-0.25, -0.2) is 4.79 Å². The third-order valence-electron chi connectivity index (χ3n) is 6.39. The number of aryl methyl sites for hydroxylation is 2. The van der Waals surface area contributed by atoms with E-state index in [2.05, 4.69) is 10.4 Å². The van der Waals surface area contributed by atoms with Gasteiger partial charge in [0.25, 0.3) is 5.91 Å². The lowest BCUT2D eigenvalue weighted by Crippen LogP contribution is -2.52. The zero-order chi connectivity index (χ0) is 27.2. The molecule has 11 nitrogen and oxygen atoms in total. The molecule has 1 unspecified atom stereocenters. The maximum absolute atomic E-state index is 13.1. The molecule has 1 saturated heterocycles. The highest BCUT2D eigenvalue weighted by atomic mass is 16.6. The molecule has 3 heterocycles. The molecule has 0 radical (unpaired) electrons. The minimum Gasteiger partial charge on any atom is -0.485 e. The van der Waals surface area contributed by atoms with Gasteiger partial charge >= 0.3 is 6.09 Å². The number of amides is 3. The van der Waals surface area contributed by atoms with E-state index >= 15 is 0 Å². The maximum atomic E-state index is 13.1. The van der Waals surface area contributed by atoms with Crippen LogP contribution in [-0.4, -0.2) is 70.3 Å². The minimum absolute atomic E-state index is 0.113. The largest absolute Gasteiger partial charge is 0.485 e. The first-order valence-corrected chi connectivity index (χ1v) is 12.6. The first-order chi connectivity index (χ1) is 18.3. The third kappa shape index (κ3) is 6.16. The van der Waals surface area contributed by atoms with Crippen LogP contribution in [0.5, 0.6) is 5.75 Å². The van der Waals surface area contributed by atoms with Crippen molar-refractivity contribution in [2.24, 2.45) is 0 Å². The van der Waals surface area contributed by atoms with E-state index in [1.807, 2.05) is 31.2 Å². The Balaban J connectivity index is 1.32. The van der Waals surface area contributed by atoms with E-state index in [1.54, 1.807) is 48.9 Å². The van der Waals surface area contributed by atoms with E-state index in [0.29, 0.717) is 49.9 Å². The number of nitrogens with zero attached hydrogens (tertiary/aromatic N) is 4. The van der Waals surface area contributed by atoms with Crippen LogP contribution in [0.3, 0.4) is 0 Å². The van der Waals surface area contributed by atoms with Crippen LogP contribution in [0.1, 0.15) is 47.5 Å². The fourth-order valence-corrected chi connectivity index (χ4v) is 4.13. The molecule has 0 aliphatic carbocycles. The number of benzene rings is 1. The summed E-state index contributed by atoms with van der Waals surface area (Å²) >= 11 is 0. The fourth-order valence-electron chi connectivity index (χ4n) is 4.13. The zero-order valence-corrected chi connectivity index (χ0v) is 22.1. The van der Waals surface area contributed by atoms with Gasteiger partial charge in [-0.15, -0.1) is 0 Å². The second-order valence-electron chi connectivity index (χ2n) is 9.07. The van der Waals surface area contributed by atoms with Crippen LogP contribution in [0.2, 0.25) is 0 Å². The average Bonchev–Trinajstić information content (AvgIpc) is 3.54. The molecule has 1 aromatic carbocycles. The van der Waals surface area contributed by atoms with Crippen molar-refractivity contribution in [3.8, 4) is 5.75 Å². The van der Waals surface area contributed by atoms with Gasteiger partial charge in [0, 0.05) is 32.4 Å². The van der Waals surface area contributed by atoms with E-state index in [1.165, 1.54) is 4.68 Å². The SMILES string of the molecule is CCOC(=O)N1CCN(C(=O)C(C)n2cc(NC(=O)c3ccc(COc4ccccc4C)o3)c(C)n2)CC1. The van der Waals surface area contributed by atoms with Crippen LogP contribution >= 0.6 is 0 Å². The summed E-state index contributed by atoms with van der Waals surface area (Å²) in [4.78, 5) is 41.1. The van der Waals surface area contributed by atoms with Gasteiger partial charge in [0.2, 0.25) is 5.91 Å². The summed E-state index contributed by atoms with van der Waals surface area (Å²) in [6, 6.07) is 10.4. The first-order valence-electron chi connectivity index (χ1n) is 12.6. The lowest BCUT2D eigenvalue weighted by atomic mass is 10.2. The van der Waals surface area contributed by atoms with Gasteiger partial charge in [0.1, 0.15) is 24.2 Å². The molecular weight excluding hydrogens is 490 g/mol. The normalized spacial score (nSPS) is 14.2. The molecule has 0 saturated carbocycles. The third-order valence-corrected chi connectivity index (χ3v) is 6.39. The summed E-state index contributed by atoms with van der Waals surface area (Å²) in [5.74, 6) is 0.877. The van der Waals surface area contributed by atoms with Crippen molar-refractivity contribution in [2.75, 3.05) is 38.1 Å². The maximum Gasteiger partial charge on any atom is 0.409 e. The van der Waals surface area contributed by atoms with Crippen molar-refractivity contribution in [2.45, 2.75) is 40.3 Å². The van der Waals surface area contributed by atoms with Crippen LogP contribution in [0.15, 0.2) is 47.0 Å². The smallest absolute Gasteiger partial charge is 0.409 e. The van der Waals surface area contributed by atoms with Crippen LogP contribution in [0, 0.1) is 13.8 Å². The van der Waals surface area contributed by atoms with Gasteiger partial charge in [0.15, 0.2) is 5.76 Å². The topological polar surface area (TPSA) is 119 Å². The Morgan fingerprint density at radius 3 is 2.47 bits per heavy atom. The van der Waals surface area contributed by atoms with Crippen molar-refractivity contribution in [1.82, 2.24) is 19.6 Å². The lowest BCUT2D eigenvalue weighted by molar-refractivity contribution is -0.136. The average molecular weight is 524 g/mol. The number of aromatic nitrogens is 2. The molecule has 1 fully saturated rings. The molecule has 1 atom stereocenters. The van der Waals surface area contributed by atoms with Crippen molar-refractivity contribution in [3.05, 3.63) is 65.4 Å². The number of carbonyl (C=O) groups excluding carboxylic acids is 3. The molecule has 38 heavy (non-hydrogen) atoms. The Bertz CT molecular complexity index is 1290. The molecule has 1 N–H and O–H groups in total. The summed E-state index contributed by atoms with van der Waals surface area (Å²) in [5, 5.41) is 7.24. The quantitative estimate of drug-likeness (QED) is 0.477. The molecule has 4 rings (SSSR count). The predicted octanol–water partition coefficient (Wildman–Crippen LogP) is 3.79.